The van der Waals surface area contributed by atoms with Gasteiger partial charge in [0, 0.05) is 0 Å². The maximum absolute atomic E-state index is 11.9. The molecule has 0 saturated heterocycles. The van der Waals surface area contributed by atoms with Gasteiger partial charge in [0.2, 0.25) is 0 Å². The highest BCUT2D eigenvalue weighted by molar-refractivity contribution is 5.91. The number of allylic oxidation sites excluding steroid dienone is 2. The van der Waals surface area contributed by atoms with Crippen LogP contribution in [0, 0.1) is 5.92 Å². The highest BCUT2D eigenvalue weighted by Gasteiger charge is 2.18. The fourth-order valence-corrected chi connectivity index (χ4v) is 2.42. The molecule has 5 heteroatoms. The fraction of sp³-hybridized carbons (Fsp3) is 0.353. The van der Waals surface area contributed by atoms with Crippen molar-refractivity contribution < 1.29 is 24.9 Å². The first-order valence-corrected chi connectivity index (χ1v) is 7.14. The number of phenols is 3. The van der Waals surface area contributed by atoms with E-state index in [1.54, 1.807) is 0 Å². The Balaban J connectivity index is 1.94. The van der Waals surface area contributed by atoms with Gasteiger partial charge in [-0.25, -0.2) is 4.79 Å². The molecule has 0 saturated carbocycles. The van der Waals surface area contributed by atoms with Gasteiger partial charge in [-0.1, -0.05) is 18.2 Å². The van der Waals surface area contributed by atoms with Crippen molar-refractivity contribution in [2.24, 2.45) is 5.92 Å². The van der Waals surface area contributed by atoms with Gasteiger partial charge in [0.15, 0.2) is 17.2 Å². The van der Waals surface area contributed by atoms with E-state index in [9.17, 15) is 20.1 Å². The molecule has 3 N–H and O–H groups in total. The first kappa shape index (κ1) is 15.9. The highest BCUT2D eigenvalue weighted by Crippen LogP contribution is 2.35. The minimum atomic E-state index is -0.686. The Morgan fingerprint density at radius 3 is 2.50 bits per heavy atom. The van der Waals surface area contributed by atoms with Gasteiger partial charge in [-0.2, -0.15) is 0 Å². The number of phenolic OH excluding ortho intramolecular Hbond substituents is 3. The van der Waals surface area contributed by atoms with Gasteiger partial charge in [0.05, 0.1) is 5.56 Å². The summed E-state index contributed by atoms with van der Waals surface area (Å²) in [5.74, 6) is -2.19. The van der Waals surface area contributed by atoms with Crippen molar-refractivity contribution in [3.8, 4) is 17.2 Å². The van der Waals surface area contributed by atoms with E-state index in [1.807, 2.05) is 0 Å². The summed E-state index contributed by atoms with van der Waals surface area (Å²) in [7, 11) is 0. The number of hydrogen-bond donors (Lipinski definition) is 3. The molecule has 0 fully saturated rings. The molecule has 118 valence electrons. The summed E-state index contributed by atoms with van der Waals surface area (Å²) in [5, 5.41) is 28.0. The van der Waals surface area contributed by atoms with Crippen LogP contribution in [0.4, 0.5) is 0 Å². The van der Waals surface area contributed by atoms with Gasteiger partial charge in [-0.15, -0.1) is 0 Å². The molecule has 1 atom stereocenters. The van der Waals surface area contributed by atoms with E-state index >= 15 is 0 Å². The second-order valence-electron chi connectivity index (χ2n) is 5.62. The van der Waals surface area contributed by atoms with Crippen LogP contribution in [-0.4, -0.2) is 27.9 Å². The molecule has 0 bridgehead atoms. The van der Waals surface area contributed by atoms with E-state index in [0.717, 1.165) is 37.0 Å². The highest BCUT2D eigenvalue weighted by atomic mass is 16.5. The van der Waals surface area contributed by atoms with Gasteiger partial charge in [0.1, 0.15) is 6.61 Å². The molecule has 0 aliphatic heterocycles. The van der Waals surface area contributed by atoms with Crippen LogP contribution < -0.4 is 0 Å². The Morgan fingerprint density at radius 1 is 1.32 bits per heavy atom. The molecule has 1 aromatic rings. The summed E-state index contributed by atoms with van der Waals surface area (Å²) >= 11 is 0. The summed E-state index contributed by atoms with van der Waals surface area (Å²) in [6.45, 7) is 6.17. The third kappa shape index (κ3) is 3.61. The number of rotatable bonds is 4. The van der Waals surface area contributed by atoms with Crippen LogP contribution in [0.15, 0.2) is 35.9 Å². The van der Waals surface area contributed by atoms with E-state index in [-0.39, 0.29) is 12.2 Å². The van der Waals surface area contributed by atoms with Crippen molar-refractivity contribution in [1.82, 2.24) is 0 Å². The lowest BCUT2D eigenvalue weighted by Crippen LogP contribution is -2.14. The zero-order valence-corrected chi connectivity index (χ0v) is 12.5. The van der Waals surface area contributed by atoms with Crippen LogP contribution >= 0.6 is 0 Å². The molecule has 5 nitrogen and oxygen atoms in total. The molecule has 1 aliphatic carbocycles. The van der Waals surface area contributed by atoms with E-state index in [4.69, 9.17) is 4.74 Å². The van der Waals surface area contributed by atoms with Crippen molar-refractivity contribution in [1.29, 1.82) is 0 Å². The monoisotopic (exact) mass is 304 g/mol. The van der Waals surface area contributed by atoms with Gasteiger partial charge in [-0.05, 0) is 49.8 Å². The summed E-state index contributed by atoms with van der Waals surface area (Å²) in [6, 6.07) is 2.10. The van der Waals surface area contributed by atoms with Crippen LogP contribution in [0.5, 0.6) is 17.2 Å². The minimum Gasteiger partial charge on any atom is -0.504 e. The molecule has 0 radical (unpaired) electrons. The Morgan fingerprint density at radius 2 is 1.95 bits per heavy atom. The van der Waals surface area contributed by atoms with Crippen LogP contribution in [0.2, 0.25) is 0 Å². The predicted molar refractivity (Wildman–Crippen MR) is 82.0 cm³/mol. The molecule has 0 aromatic heterocycles. The van der Waals surface area contributed by atoms with Crippen LogP contribution in [0.1, 0.15) is 36.5 Å². The van der Waals surface area contributed by atoms with Crippen LogP contribution in [-0.2, 0) is 4.74 Å². The van der Waals surface area contributed by atoms with Crippen molar-refractivity contribution in [2.75, 3.05) is 6.61 Å². The lowest BCUT2D eigenvalue weighted by atomic mass is 9.86. The fourth-order valence-electron chi connectivity index (χ4n) is 2.42. The molecule has 22 heavy (non-hydrogen) atoms. The molecule has 1 aromatic carbocycles. The first-order chi connectivity index (χ1) is 10.4. The zero-order chi connectivity index (χ0) is 16.3. The second-order valence-corrected chi connectivity index (χ2v) is 5.62. The lowest BCUT2D eigenvalue weighted by molar-refractivity contribution is 0.0530. The average molecular weight is 304 g/mol. The van der Waals surface area contributed by atoms with E-state index in [1.165, 1.54) is 5.57 Å². The van der Waals surface area contributed by atoms with Crippen molar-refractivity contribution in [3.05, 3.63) is 41.5 Å². The summed E-state index contributed by atoms with van der Waals surface area (Å²) in [5.41, 5.74) is 2.19. The minimum absolute atomic E-state index is 0.0278. The standard InChI is InChI=1S/C17H20O5/c1-10-3-5-12(6-4-10)11(2)9-22-17(21)13-7-14(18)16(20)15(19)8-13/h3,7-8,12,18-20H,2,4-6,9H2,1H3. The maximum Gasteiger partial charge on any atom is 0.338 e. The number of carbonyl (C=O) groups excluding carboxylic acids is 1. The Labute approximate surface area is 129 Å². The number of benzene rings is 1. The molecule has 1 unspecified atom stereocenters. The largest absolute Gasteiger partial charge is 0.504 e. The Kier molecular flexibility index (Phi) is 4.75. The lowest BCUT2D eigenvalue weighted by Gasteiger charge is -2.22. The van der Waals surface area contributed by atoms with Crippen LogP contribution in [0.25, 0.3) is 0 Å². The number of ether oxygens (including phenoxy) is 1. The van der Waals surface area contributed by atoms with Crippen molar-refractivity contribution >= 4 is 5.97 Å². The Bertz CT molecular complexity index is 607. The molecule has 0 heterocycles. The van der Waals surface area contributed by atoms with E-state index < -0.39 is 23.2 Å². The van der Waals surface area contributed by atoms with Crippen LogP contribution in [0.3, 0.4) is 0 Å². The summed E-state index contributed by atoms with van der Waals surface area (Å²) < 4.78 is 5.16. The molecular formula is C17H20O5. The number of aromatic hydroxyl groups is 3. The van der Waals surface area contributed by atoms with E-state index in [2.05, 4.69) is 19.6 Å². The van der Waals surface area contributed by atoms with Crippen molar-refractivity contribution in [3.63, 3.8) is 0 Å². The third-order valence-corrected chi connectivity index (χ3v) is 3.91. The predicted octanol–water partition coefficient (Wildman–Crippen LogP) is 3.26. The molecule has 1 aliphatic rings. The molecule has 0 spiro atoms. The smallest absolute Gasteiger partial charge is 0.338 e. The Hall–Kier alpha value is -2.43. The van der Waals surface area contributed by atoms with Gasteiger partial charge < -0.3 is 20.1 Å². The van der Waals surface area contributed by atoms with Gasteiger partial charge >= 0.3 is 5.97 Å². The number of carbonyl (C=O) groups is 1. The summed E-state index contributed by atoms with van der Waals surface area (Å²) in [4.78, 5) is 11.9. The number of hydrogen-bond acceptors (Lipinski definition) is 5. The SMILES string of the molecule is C=C(COC(=O)c1cc(O)c(O)c(O)c1)C1CC=C(C)CC1. The summed E-state index contributed by atoms with van der Waals surface area (Å²) in [6.07, 6.45) is 5.11. The van der Waals surface area contributed by atoms with E-state index in [0.29, 0.717) is 5.92 Å². The average Bonchev–Trinajstić information content (AvgIpc) is 2.50. The molecular weight excluding hydrogens is 284 g/mol. The van der Waals surface area contributed by atoms with Crippen molar-refractivity contribution in [2.45, 2.75) is 26.2 Å². The maximum atomic E-state index is 11.9. The second kappa shape index (κ2) is 6.56. The molecule has 0 amide bonds. The van der Waals surface area contributed by atoms with Gasteiger partial charge in [0.25, 0.3) is 0 Å². The van der Waals surface area contributed by atoms with Gasteiger partial charge in [-0.3, -0.25) is 0 Å². The topological polar surface area (TPSA) is 87.0 Å². The third-order valence-electron chi connectivity index (χ3n) is 3.91. The number of esters is 1. The first-order valence-electron chi connectivity index (χ1n) is 7.14. The quantitative estimate of drug-likeness (QED) is 0.451. The zero-order valence-electron chi connectivity index (χ0n) is 12.5. The normalized spacial score (nSPS) is 17.7. The molecule has 2 rings (SSSR count).